The number of rotatable bonds is 0. The first-order chi connectivity index (χ1) is 10.8. The third kappa shape index (κ3) is 1.62. The lowest BCUT2D eigenvalue weighted by Crippen LogP contribution is -2.52. The summed E-state index contributed by atoms with van der Waals surface area (Å²) < 4.78 is 6.18. The second kappa shape index (κ2) is 4.17. The molecule has 0 saturated heterocycles. The lowest BCUT2D eigenvalue weighted by atomic mass is 10.0. The van der Waals surface area contributed by atoms with Crippen molar-refractivity contribution in [1.29, 1.82) is 0 Å². The molecule has 22 heavy (non-hydrogen) atoms. The van der Waals surface area contributed by atoms with E-state index in [9.17, 15) is 0 Å². The minimum atomic E-state index is -0.237. The van der Waals surface area contributed by atoms with Gasteiger partial charge in [-0.05, 0) is 23.1 Å². The zero-order chi connectivity index (χ0) is 14.6. The Balaban J connectivity index is 1.57. The zero-order valence-corrected chi connectivity index (χ0v) is 12.1. The molecule has 1 atom stereocenters. The average molecular weight is 288 g/mol. The van der Waals surface area contributed by atoms with E-state index in [1.165, 1.54) is 16.6 Å². The molecule has 0 fully saturated rings. The van der Waals surface area contributed by atoms with Gasteiger partial charge in [0.15, 0.2) is 5.75 Å². The van der Waals surface area contributed by atoms with Gasteiger partial charge >= 0.3 is 0 Å². The van der Waals surface area contributed by atoms with Crippen LogP contribution in [0.15, 0.2) is 60.7 Å². The summed E-state index contributed by atoms with van der Waals surface area (Å²) in [6.45, 7) is 0.614. The molecule has 0 radical (unpaired) electrons. The normalized spacial score (nSPS) is 21.6. The van der Waals surface area contributed by atoms with Crippen molar-refractivity contribution in [3.63, 3.8) is 0 Å². The van der Waals surface area contributed by atoms with Crippen LogP contribution in [0.2, 0.25) is 0 Å². The van der Waals surface area contributed by atoms with Gasteiger partial charge in [0.25, 0.3) is 0 Å². The van der Waals surface area contributed by atoms with Crippen LogP contribution in [0.3, 0.4) is 0 Å². The third-order valence-electron chi connectivity index (χ3n) is 4.60. The number of ether oxygens (including phenoxy) is 1. The van der Waals surface area contributed by atoms with Gasteiger partial charge < -0.3 is 15.4 Å². The number of hydrogen-bond acceptors (Lipinski definition) is 3. The van der Waals surface area contributed by atoms with Crippen LogP contribution >= 0.6 is 0 Å². The molecule has 3 heteroatoms. The van der Waals surface area contributed by atoms with E-state index in [1.807, 2.05) is 0 Å². The molecule has 3 aromatic rings. The number of fused-ring (bicyclic) bond motifs is 4. The number of nitrogens with one attached hydrogen (secondary N) is 2. The highest BCUT2D eigenvalue weighted by Crippen LogP contribution is 2.42. The summed E-state index contributed by atoms with van der Waals surface area (Å²) in [4.78, 5) is 0. The molecule has 0 bridgehead atoms. The first kappa shape index (κ1) is 11.9. The molecule has 0 aromatic heterocycles. The van der Waals surface area contributed by atoms with Gasteiger partial charge in [-0.15, -0.1) is 0 Å². The molecule has 0 saturated carbocycles. The Morgan fingerprint density at radius 1 is 0.818 bits per heavy atom. The quantitative estimate of drug-likeness (QED) is 0.656. The summed E-state index contributed by atoms with van der Waals surface area (Å²) in [5, 5.41) is 9.65. The second-order valence-corrected chi connectivity index (χ2v) is 6.12. The van der Waals surface area contributed by atoms with Gasteiger partial charge in [0.2, 0.25) is 0 Å². The Bertz CT molecular complexity index is 862. The summed E-state index contributed by atoms with van der Waals surface area (Å²) in [5.74, 6) is 0.960. The van der Waals surface area contributed by atoms with Crippen LogP contribution in [0.5, 0.6) is 5.75 Å². The van der Waals surface area contributed by atoms with Gasteiger partial charge in [0, 0.05) is 17.5 Å². The molecule has 3 aromatic carbocycles. The van der Waals surface area contributed by atoms with E-state index in [1.54, 1.807) is 0 Å². The van der Waals surface area contributed by atoms with E-state index in [-0.39, 0.29) is 5.66 Å². The topological polar surface area (TPSA) is 33.3 Å². The number of hydrogen-bond donors (Lipinski definition) is 2. The molecule has 3 nitrogen and oxygen atoms in total. The largest absolute Gasteiger partial charge is 0.486 e. The molecule has 2 N–H and O–H groups in total. The third-order valence-corrected chi connectivity index (χ3v) is 4.60. The Morgan fingerprint density at radius 2 is 1.64 bits per heavy atom. The van der Waals surface area contributed by atoms with E-state index in [2.05, 4.69) is 71.3 Å². The fourth-order valence-corrected chi connectivity index (χ4v) is 3.57. The Kier molecular flexibility index (Phi) is 2.26. The van der Waals surface area contributed by atoms with Gasteiger partial charge in [0.1, 0.15) is 12.3 Å². The van der Waals surface area contributed by atoms with Gasteiger partial charge in [-0.3, -0.25) is 0 Å². The monoisotopic (exact) mass is 288 g/mol. The first-order valence-corrected chi connectivity index (χ1v) is 7.62. The molecule has 2 heterocycles. The van der Waals surface area contributed by atoms with Crippen molar-refractivity contribution in [1.82, 2.24) is 0 Å². The minimum absolute atomic E-state index is 0.237. The van der Waals surface area contributed by atoms with Crippen LogP contribution in [0.1, 0.15) is 5.56 Å². The van der Waals surface area contributed by atoms with E-state index in [4.69, 9.17) is 4.74 Å². The number of anilines is 2. The molecular formula is C19H16N2O. The average Bonchev–Trinajstić information content (AvgIpc) is 2.91. The van der Waals surface area contributed by atoms with Crippen LogP contribution in [0, 0.1) is 0 Å². The predicted molar refractivity (Wildman–Crippen MR) is 89.6 cm³/mol. The van der Waals surface area contributed by atoms with Crippen molar-refractivity contribution in [3.8, 4) is 5.75 Å². The number of para-hydroxylation sites is 1. The van der Waals surface area contributed by atoms with Crippen LogP contribution < -0.4 is 15.4 Å². The highest BCUT2D eigenvalue weighted by Gasteiger charge is 2.40. The molecule has 0 aliphatic carbocycles. The van der Waals surface area contributed by atoms with Crippen molar-refractivity contribution in [2.75, 3.05) is 17.2 Å². The summed E-state index contributed by atoms with van der Waals surface area (Å²) in [6.07, 6.45) is 0.926. The maximum atomic E-state index is 6.18. The lowest BCUT2D eigenvalue weighted by molar-refractivity contribution is 0.242. The maximum absolute atomic E-state index is 6.18. The molecule has 1 spiro atoms. The fourth-order valence-electron chi connectivity index (χ4n) is 3.57. The molecule has 0 amide bonds. The summed E-state index contributed by atoms with van der Waals surface area (Å²) in [6, 6.07) is 21.1. The summed E-state index contributed by atoms with van der Waals surface area (Å²) in [5.41, 5.74) is 3.36. The second-order valence-electron chi connectivity index (χ2n) is 6.12. The van der Waals surface area contributed by atoms with Crippen molar-refractivity contribution in [2.24, 2.45) is 0 Å². The summed E-state index contributed by atoms with van der Waals surface area (Å²) in [7, 11) is 0. The lowest BCUT2D eigenvalue weighted by Gasteiger charge is -2.37. The summed E-state index contributed by atoms with van der Waals surface area (Å²) >= 11 is 0. The highest BCUT2D eigenvalue weighted by molar-refractivity contribution is 5.94. The van der Waals surface area contributed by atoms with E-state index in [0.29, 0.717) is 6.61 Å². The van der Waals surface area contributed by atoms with E-state index in [0.717, 1.165) is 23.2 Å². The van der Waals surface area contributed by atoms with E-state index < -0.39 is 0 Å². The Hall–Kier alpha value is -2.68. The molecule has 5 rings (SSSR count). The van der Waals surface area contributed by atoms with Crippen molar-refractivity contribution in [2.45, 2.75) is 12.1 Å². The minimum Gasteiger partial charge on any atom is -0.486 e. The van der Waals surface area contributed by atoms with Crippen molar-refractivity contribution in [3.05, 3.63) is 66.2 Å². The molecular weight excluding hydrogens is 272 g/mol. The van der Waals surface area contributed by atoms with Crippen LogP contribution in [-0.2, 0) is 6.42 Å². The van der Waals surface area contributed by atoms with Crippen LogP contribution in [0.25, 0.3) is 10.8 Å². The Labute approximate surface area is 128 Å². The van der Waals surface area contributed by atoms with Crippen molar-refractivity contribution < 1.29 is 4.74 Å². The molecule has 2 aliphatic heterocycles. The SMILES string of the molecule is c1ccc2c(c1)CC1(COc3c(ccc4ccccc34)N1)N2. The van der Waals surface area contributed by atoms with Crippen LogP contribution in [-0.4, -0.2) is 12.3 Å². The van der Waals surface area contributed by atoms with E-state index >= 15 is 0 Å². The van der Waals surface area contributed by atoms with Gasteiger partial charge in [-0.2, -0.15) is 0 Å². The molecule has 2 aliphatic rings. The fraction of sp³-hybridized carbons (Fsp3) is 0.158. The highest BCUT2D eigenvalue weighted by atomic mass is 16.5. The standard InChI is InChI=1S/C19H16N2O/c1-3-7-15-13(5-1)9-10-17-18(15)22-12-19(21-17)11-14-6-2-4-8-16(14)20-19/h1-10,20-21H,11-12H2. The predicted octanol–water partition coefficient (Wildman–Crippen LogP) is 4.01. The Morgan fingerprint density at radius 3 is 2.59 bits per heavy atom. The van der Waals surface area contributed by atoms with Crippen LogP contribution in [0.4, 0.5) is 11.4 Å². The zero-order valence-electron chi connectivity index (χ0n) is 12.1. The van der Waals surface area contributed by atoms with Crippen molar-refractivity contribution >= 4 is 22.1 Å². The van der Waals surface area contributed by atoms with Gasteiger partial charge in [-0.1, -0.05) is 48.5 Å². The van der Waals surface area contributed by atoms with Gasteiger partial charge in [0.05, 0.1) is 5.69 Å². The molecule has 108 valence electrons. The first-order valence-electron chi connectivity index (χ1n) is 7.62. The smallest absolute Gasteiger partial charge is 0.150 e. The molecule has 1 unspecified atom stereocenters. The van der Waals surface area contributed by atoms with Gasteiger partial charge in [-0.25, -0.2) is 0 Å². The maximum Gasteiger partial charge on any atom is 0.150 e. The number of benzene rings is 3.